The molecule has 0 bridgehead atoms. The minimum absolute atomic E-state index is 0.154. The molecule has 122 valence electrons. The zero-order valence-corrected chi connectivity index (χ0v) is 14.0. The van der Waals surface area contributed by atoms with Gasteiger partial charge in [-0.15, -0.1) is 0 Å². The van der Waals surface area contributed by atoms with E-state index in [-0.39, 0.29) is 5.91 Å². The van der Waals surface area contributed by atoms with Crippen LogP contribution in [0.25, 0.3) is 0 Å². The van der Waals surface area contributed by atoms with Crippen LogP contribution in [0.2, 0.25) is 0 Å². The maximum atomic E-state index is 11.9. The molecule has 0 aromatic heterocycles. The van der Waals surface area contributed by atoms with Crippen molar-refractivity contribution >= 4 is 11.9 Å². The SMILES string of the molecule is CCCCN(C)C(=NC)NCCC(=O)NC1CCCCC1. The second kappa shape index (κ2) is 10.5. The first kappa shape index (κ1) is 17.8. The van der Waals surface area contributed by atoms with Crippen LogP contribution >= 0.6 is 0 Å². The zero-order valence-electron chi connectivity index (χ0n) is 14.0. The highest BCUT2D eigenvalue weighted by molar-refractivity contribution is 5.81. The van der Waals surface area contributed by atoms with E-state index in [2.05, 4.69) is 27.4 Å². The van der Waals surface area contributed by atoms with Crippen molar-refractivity contribution in [3.8, 4) is 0 Å². The van der Waals surface area contributed by atoms with Crippen LogP contribution in [0.3, 0.4) is 0 Å². The van der Waals surface area contributed by atoms with Gasteiger partial charge in [0, 0.05) is 39.6 Å². The summed E-state index contributed by atoms with van der Waals surface area (Å²) < 4.78 is 0. The number of hydrogen-bond donors (Lipinski definition) is 2. The molecule has 0 aromatic carbocycles. The molecule has 0 saturated heterocycles. The number of rotatable bonds is 7. The molecule has 1 amide bonds. The summed E-state index contributed by atoms with van der Waals surface area (Å²) in [6.45, 7) is 3.81. The van der Waals surface area contributed by atoms with Gasteiger partial charge in [-0.3, -0.25) is 9.79 Å². The third-order valence-corrected chi connectivity index (χ3v) is 4.03. The molecule has 0 aliphatic heterocycles. The van der Waals surface area contributed by atoms with Crippen molar-refractivity contribution in [3.05, 3.63) is 0 Å². The first-order valence-electron chi connectivity index (χ1n) is 8.38. The molecule has 1 fully saturated rings. The van der Waals surface area contributed by atoms with Crippen molar-refractivity contribution in [3.63, 3.8) is 0 Å². The summed E-state index contributed by atoms with van der Waals surface area (Å²) >= 11 is 0. The van der Waals surface area contributed by atoms with Crippen LogP contribution < -0.4 is 10.6 Å². The Morgan fingerprint density at radius 2 is 2.00 bits per heavy atom. The fourth-order valence-electron chi connectivity index (χ4n) is 2.72. The number of carbonyl (C=O) groups is 1. The molecule has 0 radical (unpaired) electrons. The van der Waals surface area contributed by atoms with Crippen LogP contribution in [0.4, 0.5) is 0 Å². The smallest absolute Gasteiger partial charge is 0.221 e. The van der Waals surface area contributed by atoms with E-state index in [1.165, 1.54) is 25.7 Å². The average molecular weight is 296 g/mol. The lowest BCUT2D eigenvalue weighted by molar-refractivity contribution is -0.121. The van der Waals surface area contributed by atoms with E-state index >= 15 is 0 Å². The monoisotopic (exact) mass is 296 g/mol. The van der Waals surface area contributed by atoms with Crippen molar-refractivity contribution in [2.75, 3.05) is 27.2 Å². The van der Waals surface area contributed by atoms with Gasteiger partial charge in [0.15, 0.2) is 5.96 Å². The molecular weight excluding hydrogens is 264 g/mol. The molecule has 1 rings (SSSR count). The zero-order chi connectivity index (χ0) is 15.5. The van der Waals surface area contributed by atoms with E-state index in [1.54, 1.807) is 7.05 Å². The van der Waals surface area contributed by atoms with E-state index in [0.29, 0.717) is 19.0 Å². The molecule has 1 aliphatic rings. The number of amides is 1. The molecule has 0 aromatic rings. The summed E-state index contributed by atoms with van der Waals surface area (Å²) in [5.41, 5.74) is 0. The number of carbonyl (C=O) groups excluding carboxylic acids is 1. The highest BCUT2D eigenvalue weighted by Crippen LogP contribution is 2.17. The Bertz CT molecular complexity index is 324. The largest absolute Gasteiger partial charge is 0.356 e. The fraction of sp³-hybridized carbons (Fsp3) is 0.875. The van der Waals surface area contributed by atoms with Gasteiger partial charge in [-0.05, 0) is 19.3 Å². The lowest BCUT2D eigenvalue weighted by Crippen LogP contribution is -2.42. The average Bonchev–Trinajstić information content (AvgIpc) is 2.50. The van der Waals surface area contributed by atoms with Gasteiger partial charge in [0.2, 0.25) is 5.91 Å². The molecule has 1 saturated carbocycles. The molecule has 2 N–H and O–H groups in total. The van der Waals surface area contributed by atoms with E-state index in [4.69, 9.17) is 0 Å². The Hall–Kier alpha value is -1.26. The predicted octanol–water partition coefficient (Wildman–Crippen LogP) is 2.13. The summed E-state index contributed by atoms with van der Waals surface area (Å²) in [5.74, 6) is 1.02. The lowest BCUT2D eigenvalue weighted by atomic mass is 9.95. The van der Waals surface area contributed by atoms with Crippen LogP contribution in [-0.4, -0.2) is 50.0 Å². The molecular formula is C16H32N4O. The number of hydrogen-bond acceptors (Lipinski definition) is 2. The molecule has 5 nitrogen and oxygen atoms in total. The Kier molecular flexibility index (Phi) is 8.87. The minimum atomic E-state index is 0.154. The van der Waals surface area contributed by atoms with E-state index in [0.717, 1.165) is 31.8 Å². The first-order chi connectivity index (χ1) is 10.2. The number of guanidine groups is 1. The first-order valence-corrected chi connectivity index (χ1v) is 8.38. The van der Waals surface area contributed by atoms with Crippen molar-refractivity contribution < 1.29 is 4.79 Å². The standard InChI is InChI=1S/C16H32N4O/c1-4-5-13-20(3)16(17-2)18-12-11-15(21)19-14-9-7-6-8-10-14/h14H,4-13H2,1-3H3,(H,17,18)(H,19,21). The summed E-state index contributed by atoms with van der Waals surface area (Å²) in [5, 5.41) is 6.40. The highest BCUT2D eigenvalue weighted by atomic mass is 16.1. The van der Waals surface area contributed by atoms with Crippen LogP contribution in [0.15, 0.2) is 4.99 Å². The van der Waals surface area contributed by atoms with E-state index in [1.807, 2.05) is 7.05 Å². The minimum Gasteiger partial charge on any atom is -0.356 e. The number of unbranched alkanes of at least 4 members (excludes halogenated alkanes) is 1. The van der Waals surface area contributed by atoms with Crippen LogP contribution in [0, 0.1) is 0 Å². The third-order valence-electron chi connectivity index (χ3n) is 4.03. The Morgan fingerprint density at radius 1 is 1.29 bits per heavy atom. The van der Waals surface area contributed by atoms with Crippen molar-refractivity contribution in [1.82, 2.24) is 15.5 Å². The van der Waals surface area contributed by atoms with Gasteiger partial charge in [-0.2, -0.15) is 0 Å². The van der Waals surface area contributed by atoms with Gasteiger partial charge in [-0.1, -0.05) is 32.6 Å². The maximum absolute atomic E-state index is 11.9. The normalized spacial score (nSPS) is 16.6. The van der Waals surface area contributed by atoms with Crippen LogP contribution in [-0.2, 0) is 4.79 Å². The fourth-order valence-corrected chi connectivity index (χ4v) is 2.72. The van der Waals surface area contributed by atoms with Crippen LogP contribution in [0.5, 0.6) is 0 Å². The summed E-state index contributed by atoms with van der Waals surface area (Å²) in [7, 11) is 3.82. The Labute approximate surface area is 129 Å². The van der Waals surface area contributed by atoms with Crippen molar-refractivity contribution in [1.29, 1.82) is 0 Å². The van der Waals surface area contributed by atoms with Gasteiger partial charge in [-0.25, -0.2) is 0 Å². The second-order valence-corrected chi connectivity index (χ2v) is 5.90. The molecule has 5 heteroatoms. The highest BCUT2D eigenvalue weighted by Gasteiger charge is 2.15. The van der Waals surface area contributed by atoms with E-state index < -0.39 is 0 Å². The molecule has 1 aliphatic carbocycles. The van der Waals surface area contributed by atoms with E-state index in [9.17, 15) is 4.79 Å². The molecule has 0 heterocycles. The number of nitrogens with zero attached hydrogens (tertiary/aromatic N) is 2. The summed E-state index contributed by atoms with van der Waals surface area (Å²) in [4.78, 5) is 18.3. The van der Waals surface area contributed by atoms with Gasteiger partial charge in [0.1, 0.15) is 0 Å². The lowest BCUT2D eigenvalue weighted by Gasteiger charge is -2.24. The molecule has 0 spiro atoms. The molecule has 21 heavy (non-hydrogen) atoms. The number of aliphatic imine (C=N–C) groups is 1. The van der Waals surface area contributed by atoms with Crippen LogP contribution in [0.1, 0.15) is 58.3 Å². The maximum Gasteiger partial charge on any atom is 0.221 e. The quantitative estimate of drug-likeness (QED) is 0.559. The van der Waals surface area contributed by atoms with Gasteiger partial charge in [0.05, 0.1) is 0 Å². The Balaban J connectivity index is 2.19. The van der Waals surface area contributed by atoms with Crippen molar-refractivity contribution in [2.24, 2.45) is 4.99 Å². The third kappa shape index (κ3) is 7.34. The number of nitrogens with one attached hydrogen (secondary N) is 2. The topological polar surface area (TPSA) is 56.7 Å². The summed E-state index contributed by atoms with van der Waals surface area (Å²) in [6.07, 6.45) is 8.92. The second-order valence-electron chi connectivity index (χ2n) is 5.90. The predicted molar refractivity (Wildman–Crippen MR) is 88.5 cm³/mol. The molecule has 0 atom stereocenters. The Morgan fingerprint density at radius 3 is 2.62 bits per heavy atom. The van der Waals surface area contributed by atoms with Crippen molar-refractivity contribution in [2.45, 2.75) is 64.3 Å². The summed E-state index contributed by atoms with van der Waals surface area (Å²) in [6, 6.07) is 0.401. The molecule has 0 unspecified atom stereocenters. The van der Waals surface area contributed by atoms with Gasteiger partial charge < -0.3 is 15.5 Å². The van der Waals surface area contributed by atoms with Gasteiger partial charge >= 0.3 is 0 Å². The van der Waals surface area contributed by atoms with Gasteiger partial charge in [0.25, 0.3) is 0 Å².